The zero-order chi connectivity index (χ0) is 17.2. The first-order valence-electron chi connectivity index (χ1n) is 8.94. The van der Waals surface area contributed by atoms with Gasteiger partial charge in [-0.3, -0.25) is 9.58 Å². The van der Waals surface area contributed by atoms with Crippen LogP contribution in [0.15, 0.2) is 34.3 Å². The molecule has 3 aromatic rings. The van der Waals surface area contributed by atoms with Crippen molar-refractivity contribution in [2.24, 2.45) is 7.05 Å². The zero-order valence-electron chi connectivity index (χ0n) is 14.8. The van der Waals surface area contributed by atoms with Gasteiger partial charge in [0, 0.05) is 31.4 Å². The summed E-state index contributed by atoms with van der Waals surface area (Å²) in [7, 11) is 1.99. The summed E-state index contributed by atoms with van der Waals surface area (Å²) in [5.41, 5.74) is 3.48. The Hall–Kier alpha value is -1.92. The largest absolute Gasteiger partial charge is 0.355 e. The summed E-state index contributed by atoms with van der Waals surface area (Å²) in [6.45, 7) is 4.11. The summed E-state index contributed by atoms with van der Waals surface area (Å²) < 4.78 is 7.55. The maximum absolute atomic E-state index is 5.65. The molecule has 6 heteroatoms. The van der Waals surface area contributed by atoms with Gasteiger partial charge < -0.3 is 4.52 Å². The lowest BCUT2D eigenvalue weighted by Crippen LogP contribution is -2.28. The number of nitrogens with zero attached hydrogens (tertiary/aromatic N) is 4. The highest BCUT2D eigenvalue weighted by Crippen LogP contribution is 2.34. The van der Waals surface area contributed by atoms with E-state index in [1.165, 1.54) is 24.8 Å². The maximum atomic E-state index is 5.65. The van der Waals surface area contributed by atoms with Gasteiger partial charge in [0.1, 0.15) is 5.69 Å². The number of likely N-dealkylation sites (tertiary alicyclic amines) is 1. The van der Waals surface area contributed by atoms with Crippen LogP contribution in [-0.4, -0.2) is 26.4 Å². The van der Waals surface area contributed by atoms with Crippen molar-refractivity contribution >= 4 is 11.3 Å². The maximum Gasteiger partial charge on any atom is 0.177 e. The van der Waals surface area contributed by atoms with Crippen molar-refractivity contribution in [2.75, 3.05) is 6.54 Å². The Kier molecular flexibility index (Phi) is 4.72. The monoisotopic (exact) mass is 356 g/mol. The number of rotatable bonds is 4. The molecule has 0 saturated carbocycles. The molecule has 1 unspecified atom stereocenters. The third kappa shape index (κ3) is 3.55. The molecule has 4 rings (SSSR count). The Balaban J connectivity index is 1.59. The first kappa shape index (κ1) is 16.5. The molecule has 5 nitrogen and oxygen atoms in total. The van der Waals surface area contributed by atoms with Crippen molar-refractivity contribution in [1.82, 2.24) is 19.8 Å². The highest BCUT2D eigenvalue weighted by atomic mass is 32.1. The van der Waals surface area contributed by atoms with E-state index >= 15 is 0 Å². The van der Waals surface area contributed by atoms with Crippen molar-refractivity contribution < 1.29 is 4.52 Å². The predicted molar refractivity (Wildman–Crippen MR) is 99.4 cm³/mol. The molecule has 0 aromatic carbocycles. The van der Waals surface area contributed by atoms with Gasteiger partial charge in [-0.05, 0) is 37.8 Å². The molecular weight excluding hydrogens is 332 g/mol. The summed E-state index contributed by atoms with van der Waals surface area (Å²) in [6, 6.07) is 6.58. The molecule has 0 amide bonds. The molecule has 25 heavy (non-hydrogen) atoms. The Bertz CT molecular complexity index is 820. The lowest BCUT2D eigenvalue weighted by Gasteiger charge is -2.28. The van der Waals surface area contributed by atoms with Crippen LogP contribution in [0.2, 0.25) is 0 Å². The third-order valence-corrected chi connectivity index (χ3v) is 5.87. The standard InChI is InChI=1S/C19H24N4OS/c1-14-15(12-22(2)20-14)13-23-9-5-3-4-7-17(23)16-11-18(24-21-16)19-8-6-10-25-19/h6,8,10-12,17H,3-5,7,9,13H2,1-2H3. The van der Waals surface area contributed by atoms with Gasteiger partial charge in [0.15, 0.2) is 5.76 Å². The molecule has 0 aliphatic carbocycles. The molecule has 1 aliphatic rings. The Labute approximate surface area is 152 Å². The lowest BCUT2D eigenvalue weighted by atomic mass is 10.1. The fraction of sp³-hybridized carbons (Fsp3) is 0.474. The van der Waals surface area contributed by atoms with Gasteiger partial charge >= 0.3 is 0 Å². The van der Waals surface area contributed by atoms with Crippen LogP contribution in [0.25, 0.3) is 10.6 Å². The van der Waals surface area contributed by atoms with Gasteiger partial charge in [0.05, 0.1) is 16.6 Å². The molecule has 132 valence electrons. The zero-order valence-corrected chi connectivity index (χ0v) is 15.6. The van der Waals surface area contributed by atoms with Crippen molar-refractivity contribution in [2.45, 2.75) is 45.2 Å². The number of hydrogen-bond donors (Lipinski definition) is 0. The molecule has 0 radical (unpaired) electrons. The number of aryl methyl sites for hydroxylation is 2. The van der Waals surface area contributed by atoms with Crippen molar-refractivity contribution in [3.8, 4) is 10.6 Å². The summed E-state index contributed by atoms with van der Waals surface area (Å²) >= 11 is 1.69. The van der Waals surface area contributed by atoms with Gasteiger partial charge in [-0.2, -0.15) is 5.10 Å². The van der Waals surface area contributed by atoms with Gasteiger partial charge in [0.25, 0.3) is 0 Å². The van der Waals surface area contributed by atoms with Crippen LogP contribution in [0, 0.1) is 6.92 Å². The Morgan fingerprint density at radius 2 is 2.24 bits per heavy atom. The molecule has 0 N–H and O–H groups in total. The third-order valence-electron chi connectivity index (χ3n) is 4.99. The molecule has 3 aromatic heterocycles. The first-order chi connectivity index (χ1) is 12.2. The second-order valence-corrected chi connectivity index (χ2v) is 7.79. The molecular formula is C19H24N4OS. The minimum absolute atomic E-state index is 0.319. The van der Waals surface area contributed by atoms with Crippen LogP contribution >= 0.6 is 11.3 Å². The fourth-order valence-electron chi connectivity index (χ4n) is 3.70. The molecule has 4 heterocycles. The molecule has 1 atom stereocenters. The average Bonchev–Trinajstić information content (AvgIpc) is 3.29. The van der Waals surface area contributed by atoms with E-state index in [2.05, 4.69) is 45.8 Å². The quantitative estimate of drug-likeness (QED) is 0.687. The smallest absolute Gasteiger partial charge is 0.177 e. The number of aromatic nitrogens is 3. The summed E-state index contributed by atoms with van der Waals surface area (Å²) in [6.07, 6.45) is 7.04. The summed E-state index contributed by atoms with van der Waals surface area (Å²) in [4.78, 5) is 3.69. The summed E-state index contributed by atoms with van der Waals surface area (Å²) in [5.74, 6) is 0.881. The number of thiophene rings is 1. The minimum Gasteiger partial charge on any atom is -0.355 e. The second-order valence-electron chi connectivity index (χ2n) is 6.84. The van der Waals surface area contributed by atoms with E-state index in [1.807, 2.05) is 17.8 Å². The highest BCUT2D eigenvalue weighted by Gasteiger charge is 2.26. The normalized spacial score (nSPS) is 19.2. The Morgan fingerprint density at radius 1 is 1.32 bits per heavy atom. The van der Waals surface area contributed by atoms with E-state index in [-0.39, 0.29) is 0 Å². The molecule has 1 aliphatic heterocycles. The fourth-order valence-corrected chi connectivity index (χ4v) is 4.37. The topological polar surface area (TPSA) is 47.1 Å². The van der Waals surface area contributed by atoms with Crippen LogP contribution in [-0.2, 0) is 13.6 Å². The van der Waals surface area contributed by atoms with Crippen molar-refractivity contribution in [1.29, 1.82) is 0 Å². The van der Waals surface area contributed by atoms with Crippen LogP contribution < -0.4 is 0 Å². The molecule has 0 spiro atoms. The van der Waals surface area contributed by atoms with Crippen LogP contribution in [0.5, 0.6) is 0 Å². The Morgan fingerprint density at radius 3 is 3.00 bits per heavy atom. The molecule has 1 fully saturated rings. The first-order valence-corrected chi connectivity index (χ1v) is 9.82. The van der Waals surface area contributed by atoms with E-state index in [4.69, 9.17) is 4.52 Å². The van der Waals surface area contributed by atoms with Crippen LogP contribution in [0.1, 0.15) is 48.7 Å². The predicted octanol–water partition coefficient (Wildman–Crippen LogP) is 4.56. The average molecular weight is 356 g/mol. The van der Waals surface area contributed by atoms with Gasteiger partial charge in [-0.15, -0.1) is 11.3 Å². The van der Waals surface area contributed by atoms with Crippen LogP contribution in [0.4, 0.5) is 0 Å². The van der Waals surface area contributed by atoms with Gasteiger partial charge in [-0.1, -0.05) is 24.1 Å². The van der Waals surface area contributed by atoms with Crippen LogP contribution in [0.3, 0.4) is 0 Å². The number of hydrogen-bond acceptors (Lipinski definition) is 5. The van der Waals surface area contributed by atoms with E-state index in [0.717, 1.165) is 41.5 Å². The van der Waals surface area contributed by atoms with Crippen molar-refractivity contribution in [3.05, 3.63) is 46.7 Å². The highest BCUT2D eigenvalue weighted by molar-refractivity contribution is 7.13. The SMILES string of the molecule is Cc1nn(C)cc1CN1CCCCCC1c1cc(-c2cccs2)on1. The second kappa shape index (κ2) is 7.14. The lowest BCUT2D eigenvalue weighted by molar-refractivity contribution is 0.183. The van der Waals surface area contributed by atoms with E-state index < -0.39 is 0 Å². The molecule has 0 bridgehead atoms. The van der Waals surface area contributed by atoms with Gasteiger partial charge in [-0.25, -0.2) is 0 Å². The van der Waals surface area contributed by atoms with Crippen molar-refractivity contribution in [3.63, 3.8) is 0 Å². The van der Waals surface area contributed by atoms with E-state index in [9.17, 15) is 0 Å². The minimum atomic E-state index is 0.319. The van der Waals surface area contributed by atoms with E-state index in [1.54, 1.807) is 11.3 Å². The molecule has 1 saturated heterocycles. The van der Waals surface area contributed by atoms with E-state index in [0.29, 0.717) is 6.04 Å². The summed E-state index contributed by atoms with van der Waals surface area (Å²) in [5, 5.41) is 11.0. The van der Waals surface area contributed by atoms with Gasteiger partial charge in [0.2, 0.25) is 0 Å².